The molecule has 0 aromatic carbocycles. The van der Waals surface area contributed by atoms with Crippen molar-refractivity contribution in [3.8, 4) is 0 Å². The molecule has 0 saturated heterocycles. The molecule has 0 radical (unpaired) electrons. The van der Waals surface area contributed by atoms with Gasteiger partial charge < -0.3 is 10.6 Å². The Morgan fingerprint density at radius 1 is 1.43 bits per heavy atom. The molecule has 14 heavy (non-hydrogen) atoms. The SMILES string of the molecule is S=C(Nc1cnc(Br)cn1)NC1CC1. The Bertz CT molecular complexity index is 336. The number of halogens is 1. The van der Waals surface area contributed by atoms with Crippen LogP contribution in [-0.2, 0) is 0 Å². The van der Waals surface area contributed by atoms with Crippen molar-refractivity contribution >= 4 is 39.1 Å². The number of nitrogens with zero attached hydrogens (tertiary/aromatic N) is 2. The maximum atomic E-state index is 5.08. The molecule has 0 bridgehead atoms. The van der Waals surface area contributed by atoms with Crippen LogP contribution in [0.5, 0.6) is 0 Å². The van der Waals surface area contributed by atoms with Crippen LogP contribution >= 0.6 is 28.1 Å². The van der Waals surface area contributed by atoms with Crippen LogP contribution in [0.15, 0.2) is 17.0 Å². The van der Waals surface area contributed by atoms with Crippen LogP contribution in [0, 0.1) is 0 Å². The van der Waals surface area contributed by atoms with Crippen molar-refractivity contribution in [3.63, 3.8) is 0 Å². The molecule has 6 heteroatoms. The Morgan fingerprint density at radius 3 is 2.79 bits per heavy atom. The van der Waals surface area contributed by atoms with Gasteiger partial charge in [0.25, 0.3) is 0 Å². The molecule has 2 rings (SSSR count). The number of thiocarbonyl (C=S) groups is 1. The van der Waals surface area contributed by atoms with E-state index in [9.17, 15) is 0 Å². The van der Waals surface area contributed by atoms with Gasteiger partial charge in [-0.25, -0.2) is 9.97 Å². The van der Waals surface area contributed by atoms with Gasteiger partial charge in [-0.15, -0.1) is 0 Å². The van der Waals surface area contributed by atoms with Gasteiger partial charge in [0.1, 0.15) is 4.60 Å². The molecule has 0 aliphatic heterocycles. The van der Waals surface area contributed by atoms with Crippen molar-refractivity contribution in [1.82, 2.24) is 15.3 Å². The van der Waals surface area contributed by atoms with Crippen molar-refractivity contribution in [2.24, 2.45) is 0 Å². The summed E-state index contributed by atoms with van der Waals surface area (Å²) >= 11 is 8.30. The van der Waals surface area contributed by atoms with Crippen molar-refractivity contribution in [1.29, 1.82) is 0 Å². The highest BCUT2D eigenvalue weighted by Crippen LogP contribution is 2.18. The molecule has 1 aliphatic carbocycles. The Kier molecular flexibility index (Phi) is 2.93. The van der Waals surface area contributed by atoms with Gasteiger partial charge in [0.05, 0.1) is 12.4 Å². The third kappa shape index (κ3) is 2.88. The number of aromatic nitrogens is 2. The predicted molar refractivity (Wildman–Crippen MR) is 62.1 cm³/mol. The lowest BCUT2D eigenvalue weighted by Crippen LogP contribution is -2.30. The molecule has 1 aromatic heterocycles. The van der Waals surface area contributed by atoms with E-state index in [0.717, 1.165) is 0 Å². The minimum absolute atomic E-state index is 0.554. The molecule has 74 valence electrons. The summed E-state index contributed by atoms with van der Waals surface area (Å²) in [6, 6.07) is 0.554. The monoisotopic (exact) mass is 272 g/mol. The van der Waals surface area contributed by atoms with Crippen LogP contribution in [0.3, 0.4) is 0 Å². The summed E-state index contributed by atoms with van der Waals surface area (Å²) in [6.45, 7) is 0. The first-order valence-corrected chi connectivity index (χ1v) is 5.49. The molecule has 1 fully saturated rings. The number of hydrogen-bond acceptors (Lipinski definition) is 3. The smallest absolute Gasteiger partial charge is 0.172 e. The summed E-state index contributed by atoms with van der Waals surface area (Å²) < 4.78 is 0.712. The van der Waals surface area contributed by atoms with E-state index in [2.05, 4.69) is 36.5 Å². The zero-order chi connectivity index (χ0) is 9.97. The third-order valence-electron chi connectivity index (χ3n) is 1.77. The standard InChI is InChI=1S/C8H9BrN4S/c9-6-3-11-7(4-10-6)13-8(14)12-5-1-2-5/h3-5H,1-2H2,(H2,11,12,13,14). The van der Waals surface area contributed by atoms with E-state index >= 15 is 0 Å². The van der Waals surface area contributed by atoms with Crippen LogP contribution in [0.25, 0.3) is 0 Å². The molecule has 1 aromatic rings. The lowest BCUT2D eigenvalue weighted by molar-refractivity contribution is 0.918. The second-order valence-corrected chi connectivity index (χ2v) is 4.32. The van der Waals surface area contributed by atoms with Gasteiger partial charge in [0, 0.05) is 6.04 Å². The van der Waals surface area contributed by atoms with Crippen LogP contribution in [-0.4, -0.2) is 21.1 Å². The zero-order valence-corrected chi connectivity index (χ0v) is 9.73. The Morgan fingerprint density at radius 2 is 2.21 bits per heavy atom. The number of hydrogen-bond donors (Lipinski definition) is 2. The second-order valence-electron chi connectivity index (χ2n) is 3.10. The maximum Gasteiger partial charge on any atom is 0.172 e. The number of rotatable bonds is 2. The van der Waals surface area contributed by atoms with Gasteiger partial charge in [-0.2, -0.15) is 0 Å². The first kappa shape index (κ1) is 9.79. The molecule has 4 nitrogen and oxygen atoms in total. The van der Waals surface area contributed by atoms with E-state index in [0.29, 0.717) is 21.6 Å². The molecule has 1 aliphatic rings. The van der Waals surface area contributed by atoms with Crippen molar-refractivity contribution in [3.05, 3.63) is 17.0 Å². The minimum atomic E-state index is 0.554. The van der Waals surface area contributed by atoms with Crippen LogP contribution in [0.2, 0.25) is 0 Å². The molecule has 0 amide bonds. The van der Waals surface area contributed by atoms with Crippen LogP contribution < -0.4 is 10.6 Å². The fraction of sp³-hybridized carbons (Fsp3) is 0.375. The van der Waals surface area contributed by atoms with E-state index < -0.39 is 0 Å². The molecular formula is C8H9BrN4S. The topological polar surface area (TPSA) is 49.8 Å². The van der Waals surface area contributed by atoms with E-state index in [-0.39, 0.29) is 0 Å². The molecule has 0 spiro atoms. The van der Waals surface area contributed by atoms with E-state index in [1.807, 2.05) is 0 Å². The molecule has 2 N–H and O–H groups in total. The van der Waals surface area contributed by atoms with Crippen molar-refractivity contribution < 1.29 is 0 Å². The molecule has 0 atom stereocenters. The highest BCUT2D eigenvalue weighted by molar-refractivity contribution is 9.10. The summed E-state index contributed by atoms with van der Waals surface area (Å²) in [4.78, 5) is 8.13. The number of anilines is 1. The molecule has 0 unspecified atom stereocenters. The molecular weight excluding hydrogens is 264 g/mol. The lowest BCUT2D eigenvalue weighted by atomic mass is 10.6. The fourth-order valence-electron chi connectivity index (χ4n) is 0.942. The summed E-state index contributed by atoms with van der Waals surface area (Å²) in [5, 5.41) is 6.74. The summed E-state index contributed by atoms with van der Waals surface area (Å²) in [5.74, 6) is 0.659. The second kappa shape index (κ2) is 4.18. The molecule has 1 saturated carbocycles. The van der Waals surface area contributed by atoms with E-state index in [1.165, 1.54) is 12.8 Å². The Hall–Kier alpha value is -0.750. The summed E-state index contributed by atoms with van der Waals surface area (Å²) in [5.41, 5.74) is 0. The van der Waals surface area contributed by atoms with Gasteiger partial charge in [0.15, 0.2) is 10.9 Å². The lowest BCUT2D eigenvalue weighted by Gasteiger charge is -2.07. The minimum Gasteiger partial charge on any atom is -0.360 e. The summed E-state index contributed by atoms with van der Waals surface area (Å²) in [7, 11) is 0. The van der Waals surface area contributed by atoms with Crippen LogP contribution in [0.1, 0.15) is 12.8 Å². The Balaban J connectivity index is 1.89. The van der Waals surface area contributed by atoms with Gasteiger partial charge in [0.2, 0.25) is 0 Å². The highest BCUT2D eigenvalue weighted by atomic mass is 79.9. The highest BCUT2D eigenvalue weighted by Gasteiger charge is 2.21. The van der Waals surface area contributed by atoms with Crippen molar-refractivity contribution in [2.45, 2.75) is 18.9 Å². The van der Waals surface area contributed by atoms with E-state index in [1.54, 1.807) is 12.4 Å². The average molecular weight is 273 g/mol. The van der Waals surface area contributed by atoms with Gasteiger partial charge in [-0.05, 0) is 41.0 Å². The predicted octanol–water partition coefficient (Wildman–Crippen LogP) is 1.69. The molecule has 1 heterocycles. The maximum absolute atomic E-state index is 5.08. The first-order chi connectivity index (χ1) is 6.74. The average Bonchev–Trinajstić information content (AvgIpc) is 2.93. The van der Waals surface area contributed by atoms with E-state index in [4.69, 9.17) is 12.2 Å². The quantitative estimate of drug-likeness (QED) is 0.803. The first-order valence-electron chi connectivity index (χ1n) is 4.29. The normalized spacial score (nSPS) is 14.9. The fourth-order valence-corrected chi connectivity index (χ4v) is 1.42. The zero-order valence-electron chi connectivity index (χ0n) is 7.33. The Labute approximate surface area is 95.7 Å². The van der Waals surface area contributed by atoms with Gasteiger partial charge in [-0.1, -0.05) is 0 Å². The van der Waals surface area contributed by atoms with Gasteiger partial charge in [-0.3, -0.25) is 0 Å². The number of nitrogens with one attached hydrogen (secondary N) is 2. The van der Waals surface area contributed by atoms with Crippen molar-refractivity contribution in [2.75, 3.05) is 5.32 Å². The third-order valence-corrected chi connectivity index (χ3v) is 2.40. The summed E-state index contributed by atoms with van der Waals surface area (Å²) in [6.07, 6.45) is 5.66. The van der Waals surface area contributed by atoms with Gasteiger partial charge >= 0.3 is 0 Å². The van der Waals surface area contributed by atoms with Crippen LogP contribution in [0.4, 0.5) is 5.82 Å². The largest absolute Gasteiger partial charge is 0.360 e.